The molecular formula is C14H26N2O2. The summed E-state index contributed by atoms with van der Waals surface area (Å²) >= 11 is 0. The molecule has 0 spiro atoms. The molecule has 1 fully saturated rings. The number of nitrogens with zero attached hydrogens (tertiary/aromatic N) is 1. The molecule has 1 aliphatic rings. The number of hydrogen-bond donors (Lipinski definition) is 1. The van der Waals surface area contributed by atoms with Gasteiger partial charge in [0.2, 0.25) is 11.8 Å². The summed E-state index contributed by atoms with van der Waals surface area (Å²) in [6.45, 7) is 8.83. The Kier molecular flexibility index (Phi) is 5.63. The van der Waals surface area contributed by atoms with E-state index < -0.39 is 0 Å². The molecule has 2 amide bonds. The molecule has 0 saturated carbocycles. The minimum absolute atomic E-state index is 0.00691. The molecule has 0 aromatic rings. The summed E-state index contributed by atoms with van der Waals surface area (Å²) in [5.74, 6) is 0.215. The maximum absolute atomic E-state index is 12.4. The van der Waals surface area contributed by atoms with E-state index >= 15 is 0 Å². The lowest BCUT2D eigenvalue weighted by Crippen LogP contribution is -2.49. The summed E-state index contributed by atoms with van der Waals surface area (Å²) in [6.07, 6.45) is 3.71. The van der Waals surface area contributed by atoms with E-state index in [-0.39, 0.29) is 29.8 Å². The number of carbonyl (C=O) groups is 2. The summed E-state index contributed by atoms with van der Waals surface area (Å²) in [5.41, 5.74) is 0. The summed E-state index contributed by atoms with van der Waals surface area (Å²) < 4.78 is 0. The fraction of sp³-hybridized carbons (Fsp3) is 0.857. The van der Waals surface area contributed by atoms with Crippen LogP contribution in [0.1, 0.15) is 53.4 Å². The molecule has 4 nitrogen and oxygen atoms in total. The van der Waals surface area contributed by atoms with Gasteiger partial charge in [0.05, 0.1) is 0 Å². The van der Waals surface area contributed by atoms with Crippen molar-refractivity contribution in [2.24, 2.45) is 5.92 Å². The molecule has 0 aromatic carbocycles. The molecule has 2 unspecified atom stereocenters. The van der Waals surface area contributed by atoms with Gasteiger partial charge in [-0.1, -0.05) is 33.6 Å². The molecule has 0 aliphatic carbocycles. The molecule has 4 heteroatoms. The highest BCUT2D eigenvalue weighted by atomic mass is 16.2. The van der Waals surface area contributed by atoms with Crippen LogP contribution in [0.3, 0.4) is 0 Å². The maximum atomic E-state index is 12.4. The van der Waals surface area contributed by atoms with Crippen LogP contribution in [0, 0.1) is 5.92 Å². The number of rotatable bonds is 5. The predicted octanol–water partition coefficient (Wildman–Crippen LogP) is 1.94. The fourth-order valence-corrected chi connectivity index (χ4v) is 2.38. The maximum Gasteiger partial charge on any atom is 0.245 e. The second-order valence-electron chi connectivity index (χ2n) is 5.58. The van der Waals surface area contributed by atoms with Crippen molar-refractivity contribution in [3.05, 3.63) is 0 Å². The summed E-state index contributed by atoms with van der Waals surface area (Å²) in [6, 6.07) is -0.345. The van der Waals surface area contributed by atoms with Crippen LogP contribution in [0.2, 0.25) is 0 Å². The van der Waals surface area contributed by atoms with Gasteiger partial charge < -0.3 is 10.2 Å². The molecular weight excluding hydrogens is 228 g/mol. The van der Waals surface area contributed by atoms with Crippen molar-refractivity contribution in [2.45, 2.75) is 65.5 Å². The van der Waals surface area contributed by atoms with E-state index in [2.05, 4.69) is 12.2 Å². The SMILES string of the molecule is CCCCCN1C(=O)C(C(C)C)NC(=O)CC1C. The summed E-state index contributed by atoms with van der Waals surface area (Å²) in [5, 5.41) is 2.85. The van der Waals surface area contributed by atoms with Crippen molar-refractivity contribution in [3.8, 4) is 0 Å². The average molecular weight is 254 g/mol. The van der Waals surface area contributed by atoms with Gasteiger partial charge in [0.25, 0.3) is 0 Å². The molecule has 1 N–H and O–H groups in total. The van der Waals surface area contributed by atoms with E-state index in [0.29, 0.717) is 6.42 Å². The second kappa shape index (κ2) is 6.76. The van der Waals surface area contributed by atoms with Crippen molar-refractivity contribution in [1.82, 2.24) is 10.2 Å². The number of nitrogens with one attached hydrogen (secondary N) is 1. The standard InChI is InChI=1S/C14H26N2O2/c1-5-6-7-8-16-11(4)9-12(17)15-13(10(2)3)14(16)18/h10-11,13H,5-9H2,1-4H3,(H,15,17). The first-order valence-electron chi connectivity index (χ1n) is 7.07. The number of carbonyl (C=O) groups excluding carboxylic acids is 2. The lowest BCUT2D eigenvalue weighted by atomic mass is 10.0. The number of amides is 2. The zero-order valence-corrected chi connectivity index (χ0v) is 12.0. The second-order valence-corrected chi connectivity index (χ2v) is 5.58. The van der Waals surface area contributed by atoms with Crippen LogP contribution in [-0.2, 0) is 9.59 Å². The molecule has 0 aromatic heterocycles. The molecule has 0 radical (unpaired) electrons. The fourth-order valence-electron chi connectivity index (χ4n) is 2.38. The molecule has 0 bridgehead atoms. The predicted molar refractivity (Wildman–Crippen MR) is 72.1 cm³/mol. The smallest absolute Gasteiger partial charge is 0.245 e. The number of hydrogen-bond acceptors (Lipinski definition) is 2. The Morgan fingerprint density at radius 2 is 2.00 bits per heavy atom. The molecule has 18 heavy (non-hydrogen) atoms. The minimum atomic E-state index is -0.357. The van der Waals surface area contributed by atoms with Gasteiger partial charge in [0.1, 0.15) is 6.04 Å². The first-order valence-corrected chi connectivity index (χ1v) is 7.07. The van der Waals surface area contributed by atoms with E-state index in [1.165, 1.54) is 0 Å². The van der Waals surface area contributed by atoms with Gasteiger partial charge in [-0.25, -0.2) is 0 Å². The van der Waals surface area contributed by atoms with Gasteiger partial charge in [-0.2, -0.15) is 0 Å². The van der Waals surface area contributed by atoms with Crippen LogP contribution >= 0.6 is 0 Å². The zero-order valence-electron chi connectivity index (χ0n) is 12.0. The molecule has 2 atom stereocenters. The minimum Gasteiger partial charge on any atom is -0.344 e. The Hall–Kier alpha value is -1.06. The lowest BCUT2D eigenvalue weighted by Gasteiger charge is -2.30. The third-order valence-electron chi connectivity index (χ3n) is 3.55. The molecule has 1 saturated heterocycles. The van der Waals surface area contributed by atoms with E-state index in [9.17, 15) is 9.59 Å². The van der Waals surface area contributed by atoms with Crippen LogP contribution in [0.4, 0.5) is 0 Å². The Balaban J connectivity index is 2.77. The molecule has 1 heterocycles. The Bertz CT molecular complexity index is 302. The lowest BCUT2D eigenvalue weighted by molar-refractivity contribution is -0.136. The Morgan fingerprint density at radius 3 is 2.56 bits per heavy atom. The van der Waals surface area contributed by atoms with E-state index in [1.54, 1.807) is 0 Å². The first-order chi connectivity index (χ1) is 8.47. The van der Waals surface area contributed by atoms with Crippen molar-refractivity contribution in [2.75, 3.05) is 6.54 Å². The topological polar surface area (TPSA) is 49.4 Å². The summed E-state index contributed by atoms with van der Waals surface area (Å²) in [7, 11) is 0. The Labute approximate surface area is 110 Å². The van der Waals surface area contributed by atoms with Gasteiger partial charge in [-0.3, -0.25) is 9.59 Å². The quantitative estimate of drug-likeness (QED) is 0.762. The van der Waals surface area contributed by atoms with Crippen LogP contribution in [0.15, 0.2) is 0 Å². The molecule has 104 valence electrons. The number of unbranched alkanes of at least 4 members (excludes halogenated alkanes) is 2. The van der Waals surface area contributed by atoms with Crippen molar-refractivity contribution >= 4 is 11.8 Å². The van der Waals surface area contributed by atoms with E-state index in [1.807, 2.05) is 25.7 Å². The van der Waals surface area contributed by atoms with Crippen LogP contribution in [0.25, 0.3) is 0 Å². The first kappa shape index (κ1) is 15.0. The zero-order chi connectivity index (χ0) is 13.7. The van der Waals surface area contributed by atoms with Gasteiger partial charge in [0.15, 0.2) is 0 Å². The van der Waals surface area contributed by atoms with E-state index in [0.717, 1.165) is 25.8 Å². The monoisotopic (exact) mass is 254 g/mol. The van der Waals surface area contributed by atoms with Crippen LogP contribution < -0.4 is 5.32 Å². The highest BCUT2D eigenvalue weighted by molar-refractivity contribution is 5.90. The molecule has 1 rings (SSSR count). The van der Waals surface area contributed by atoms with Crippen LogP contribution in [0.5, 0.6) is 0 Å². The van der Waals surface area contributed by atoms with Crippen LogP contribution in [-0.4, -0.2) is 35.3 Å². The van der Waals surface area contributed by atoms with Gasteiger partial charge in [-0.15, -0.1) is 0 Å². The average Bonchev–Trinajstić information content (AvgIpc) is 2.39. The van der Waals surface area contributed by atoms with Crippen molar-refractivity contribution in [3.63, 3.8) is 0 Å². The van der Waals surface area contributed by atoms with E-state index in [4.69, 9.17) is 0 Å². The normalized spacial score (nSPS) is 25.3. The Morgan fingerprint density at radius 1 is 1.33 bits per heavy atom. The summed E-state index contributed by atoms with van der Waals surface area (Å²) in [4.78, 5) is 26.1. The van der Waals surface area contributed by atoms with Crippen molar-refractivity contribution < 1.29 is 9.59 Å². The molecule has 1 aliphatic heterocycles. The third-order valence-corrected chi connectivity index (χ3v) is 3.55. The third kappa shape index (κ3) is 3.72. The largest absolute Gasteiger partial charge is 0.344 e. The van der Waals surface area contributed by atoms with Gasteiger partial charge in [-0.05, 0) is 19.3 Å². The van der Waals surface area contributed by atoms with Crippen molar-refractivity contribution in [1.29, 1.82) is 0 Å². The highest BCUT2D eigenvalue weighted by Gasteiger charge is 2.34. The highest BCUT2D eigenvalue weighted by Crippen LogP contribution is 2.16. The van der Waals surface area contributed by atoms with Gasteiger partial charge >= 0.3 is 0 Å². The van der Waals surface area contributed by atoms with Gasteiger partial charge in [0, 0.05) is 19.0 Å².